The lowest BCUT2D eigenvalue weighted by Crippen LogP contribution is -2.49. The molecule has 1 saturated heterocycles. The Morgan fingerprint density at radius 2 is 2.06 bits per heavy atom. The zero-order valence-electron chi connectivity index (χ0n) is 17.4. The van der Waals surface area contributed by atoms with Gasteiger partial charge in [0.25, 0.3) is 5.91 Å². The number of aryl methyl sites for hydroxylation is 1. The number of piperazine rings is 1. The second-order valence-electron chi connectivity index (χ2n) is 7.63. The van der Waals surface area contributed by atoms with Crippen LogP contribution in [0.2, 0.25) is 5.02 Å². The molecule has 1 amide bonds. The molecular weight excluding hydrogens is 450 g/mol. The summed E-state index contributed by atoms with van der Waals surface area (Å²) >= 11 is 7.73. The number of carbonyl (C=O) groups excluding carboxylic acids is 1. The highest BCUT2D eigenvalue weighted by Crippen LogP contribution is 2.40. The van der Waals surface area contributed by atoms with E-state index in [1.165, 1.54) is 22.1 Å². The topological polar surface area (TPSA) is 87.1 Å². The van der Waals surface area contributed by atoms with E-state index in [9.17, 15) is 9.90 Å². The highest BCUT2D eigenvalue weighted by molar-refractivity contribution is 7.17. The summed E-state index contributed by atoms with van der Waals surface area (Å²) in [4.78, 5) is 22.6. The van der Waals surface area contributed by atoms with Crippen molar-refractivity contribution in [1.29, 1.82) is 0 Å². The second kappa shape index (κ2) is 8.57. The number of nitrogens with zero attached hydrogens (tertiary/aromatic N) is 5. The number of benzene rings is 1. The summed E-state index contributed by atoms with van der Waals surface area (Å²) in [6.07, 6.45) is 2.21. The standard InChI is InChI=1S/C22H22ClN5O3S/c1-2-17-24-22-28(25-17)21(30)19(32-22)18(14-5-3-6-15(23)13-14)26-8-10-27(11-9-26)20(29)16-7-4-12-31-16/h3-7,12-13,18,30H,2,8-11H2,1H3/t18-/m1/s1. The van der Waals surface area contributed by atoms with Gasteiger partial charge in [0, 0.05) is 37.6 Å². The Labute approximate surface area is 193 Å². The average Bonchev–Trinajstić information content (AvgIpc) is 3.53. The summed E-state index contributed by atoms with van der Waals surface area (Å²) in [6, 6.07) is 10.8. The van der Waals surface area contributed by atoms with Gasteiger partial charge in [-0.1, -0.05) is 42.0 Å². The first-order valence-corrected chi connectivity index (χ1v) is 11.6. The molecule has 3 aromatic heterocycles. The minimum absolute atomic E-state index is 0.0938. The molecule has 1 N–H and O–H groups in total. The Bertz CT molecular complexity index is 1240. The minimum Gasteiger partial charge on any atom is -0.492 e. The molecule has 32 heavy (non-hydrogen) atoms. The van der Waals surface area contributed by atoms with E-state index in [-0.39, 0.29) is 17.8 Å². The SMILES string of the molecule is CCc1nc2sc([C@@H](c3cccc(Cl)c3)N3CCN(C(=O)c4ccco4)CC3)c(O)n2n1. The van der Waals surface area contributed by atoms with Crippen LogP contribution < -0.4 is 0 Å². The maximum Gasteiger partial charge on any atom is 0.289 e. The minimum atomic E-state index is -0.229. The molecule has 4 heterocycles. The van der Waals surface area contributed by atoms with E-state index in [0.29, 0.717) is 54.2 Å². The Morgan fingerprint density at radius 3 is 2.72 bits per heavy atom. The van der Waals surface area contributed by atoms with Crippen LogP contribution in [0.15, 0.2) is 47.1 Å². The van der Waals surface area contributed by atoms with Crippen LogP contribution >= 0.6 is 22.9 Å². The first kappa shape index (κ1) is 21.0. The molecule has 0 unspecified atom stereocenters. The summed E-state index contributed by atoms with van der Waals surface area (Å²) in [5.41, 5.74) is 0.971. The maximum atomic E-state index is 12.7. The Balaban J connectivity index is 1.46. The van der Waals surface area contributed by atoms with Crippen LogP contribution in [0.1, 0.15) is 39.8 Å². The van der Waals surface area contributed by atoms with Crippen LogP contribution in [0.4, 0.5) is 0 Å². The number of carbonyl (C=O) groups is 1. The van der Waals surface area contributed by atoms with Crippen molar-refractivity contribution in [3.63, 3.8) is 0 Å². The Kier molecular flexibility index (Phi) is 5.62. The lowest BCUT2D eigenvalue weighted by molar-refractivity contribution is 0.0568. The number of amides is 1. The van der Waals surface area contributed by atoms with Crippen LogP contribution in [0.3, 0.4) is 0 Å². The van der Waals surface area contributed by atoms with Gasteiger partial charge in [-0.3, -0.25) is 9.69 Å². The zero-order chi connectivity index (χ0) is 22.2. The van der Waals surface area contributed by atoms with Crippen molar-refractivity contribution >= 4 is 33.8 Å². The molecule has 1 aromatic carbocycles. The second-order valence-corrected chi connectivity index (χ2v) is 9.07. The number of hydrogen-bond donors (Lipinski definition) is 1. The van der Waals surface area contributed by atoms with Crippen LogP contribution in [-0.2, 0) is 6.42 Å². The molecule has 5 rings (SSSR count). The fraction of sp³-hybridized carbons (Fsp3) is 0.318. The largest absolute Gasteiger partial charge is 0.492 e. The molecule has 0 spiro atoms. The molecule has 4 aromatic rings. The highest BCUT2D eigenvalue weighted by atomic mass is 35.5. The van der Waals surface area contributed by atoms with Gasteiger partial charge in [-0.25, -0.2) is 4.98 Å². The molecule has 10 heteroatoms. The molecule has 1 atom stereocenters. The van der Waals surface area contributed by atoms with Crippen molar-refractivity contribution in [3.8, 4) is 5.88 Å². The van der Waals surface area contributed by atoms with Crippen LogP contribution in [-0.4, -0.2) is 61.6 Å². The molecule has 1 aliphatic heterocycles. The molecule has 0 aliphatic carbocycles. The van der Waals surface area contributed by atoms with Gasteiger partial charge in [0.05, 0.1) is 17.2 Å². The summed E-state index contributed by atoms with van der Waals surface area (Å²) in [5, 5.41) is 16.1. The van der Waals surface area contributed by atoms with Gasteiger partial charge in [0.2, 0.25) is 10.8 Å². The quantitative estimate of drug-likeness (QED) is 0.475. The van der Waals surface area contributed by atoms with Crippen molar-refractivity contribution in [2.24, 2.45) is 0 Å². The van der Waals surface area contributed by atoms with Crippen molar-refractivity contribution in [2.45, 2.75) is 19.4 Å². The van der Waals surface area contributed by atoms with E-state index in [1.807, 2.05) is 31.2 Å². The number of thiazole rings is 1. The smallest absolute Gasteiger partial charge is 0.289 e. The van der Waals surface area contributed by atoms with Crippen molar-refractivity contribution < 1.29 is 14.3 Å². The van der Waals surface area contributed by atoms with Gasteiger partial charge in [0.15, 0.2) is 11.6 Å². The number of fused-ring (bicyclic) bond motifs is 1. The van der Waals surface area contributed by atoms with E-state index in [4.69, 9.17) is 16.0 Å². The molecule has 0 radical (unpaired) electrons. The van der Waals surface area contributed by atoms with Gasteiger partial charge < -0.3 is 14.4 Å². The van der Waals surface area contributed by atoms with Crippen molar-refractivity contribution in [3.05, 3.63) is 69.7 Å². The normalized spacial score (nSPS) is 16.0. The molecule has 166 valence electrons. The van der Waals surface area contributed by atoms with Gasteiger partial charge in [0.1, 0.15) is 0 Å². The number of rotatable bonds is 5. The average molecular weight is 472 g/mol. The van der Waals surface area contributed by atoms with Crippen LogP contribution in [0.5, 0.6) is 5.88 Å². The van der Waals surface area contributed by atoms with Gasteiger partial charge in [-0.2, -0.15) is 4.52 Å². The zero-order valence-corrected chi connectivity index (χ0v) is 19.0. The molecule has 0 saturated carbocycles. The molecule has 0 bridgehead atoms. The van der Waals surface area contributed by atoms with E-state index >= 15 is 0 Å². The Hall–Kier alpha value is -2.88. The number of halogens is 1. The van der Waals surface area contributed by atoms with E-state index < -0.39 is 0 Å². The Morgan fingerprint density at radius 1 is 1.25 bits per heavy atom. The first-order chi connectivity index (χ1) is 15.5. The third kappa shape index (κ3) is 3.76. The first-order valence-electron chi connectivity index (χ1n) is 10.4. The summed E-state index contributed by atoms with van der Waals surface area (Å²) in [6.45, 7) is 4.36. The number of furan rings is 1. The summed E-state index contributed by atoms with van der Waals surface area (Å²) in [7, 11) is 0. The number of aromatic nitrogens is 3. The van der Waals surface area contributed by atoms with Gasteiger partial charge in [-0.15, -0.1) is 5.10 Å². The summed E-state index contributed by atoms with van der Waals surface area (Å²) < 4.78 is 6.77. The molecular formula is C22H22ClN5O3S. The lowest BCUT2D eigenvalue weighted by Gasteiger charge is -2.38. The fourth-order valence-corrected chi connectivity index (χ4v) is 5.40. The highest BCUT2D eigenvalue weighted by Gasteiger charge is 2.33. The van der Waals surface area contributed by atoms with Gasteiger partial charge in [-0.05, 0) is 29.8 Å². The predicted octanol–water partition coefficient (Wildman–Crippen LogP) is 3.85. The van der Waals surface area contributed by atoms with E-state index in [1.54, 1.807) is 17.0 Å². The van der Waals surface area contributed by atoms with Gasteiger partial charge >= 0.3 is 0 Å². The molecule has 1 fully saturated rings. The van der Waals surface area contributed by atoms with E-state index in [0.717, 1.165) is 10.4 Å². The van der Waals surface area contributed by atoms with E-state index in [2.05, 4.69) is 15.0 Å². The lowest BCUT2D eigenvalue weighted by atomic mass is 10.0. The van der Waals surface area contributed by atoms with Crippen LogP contribution in [0.25, 0.3) is 4.96 Å². The predicted molar refractivity (Wildman–Crippen MR) is 121 cm³/mol. The number of hydrogen-bond acceptors (Lipinski definition) is 7. The monoisotopic (exact) mass is 471 g/mol. The van der Waals surface area contributed by atoms with Crippen LogP contribution in [0, 0.1) is 0 Å². The summed E-state index contributed by atoms with van der Waals surface area (Å²) in [5.74, 6) is 1.03. The molecule has 1 aliphatic rings. The third-order valence-corrected chi connectivity index (χ3v) is 6.98. The fourth-order valence-electron chi connectivity index (χ4n) is 4.06. The molecule has 8 nitrogen and oxygen atoms in total. The van der Waals surface area contributed by atoms with Crippen molar-refractivity contribution in [2.75, 3.05) is 26.2 Å². The van der Waals surface area contributed by atoms with Crippen molar-refractivity contribution in [1.82, 2.24) is 24.4 Å². The maximum absolute atomic E-state index is 12.7. The third-order valence-electron chi connectivity index (χ3n) is 5.67. The number of aromatic hydroxyl groups is 1.